The Balaban J connectivity index is 1.73. The summed E-state index contributed by atoms with van der Waals surface area (Å²) in [6.07, 6.45) is 0. The number of hydrogen-bond donors (Lipinski definition) is 1. The first-order valence-electron chi connectivity index (χ1n) is 9.99. The fourth-order valence-corrected chi connectivity index (χ4v) is 4.96. The van der Waals surface area contributed by atoms with Gasteiger partial charge in [0.15, 0.2) is 5.16 Å². The van der Waals surface area contributed by atoms with Crippen LogP contribution in [0.4, 0.5) is 0 Å². The smallest absolute Gasteiger partial charge is 0.283 e. The van der Waals surface area contributed by atoms with E-state index in [1.165, 1.54) is 5.56 Å². The fourth-order valence-electron chi connectivity index (χ4n) is 3.74. The lowest BCUT2D eigenvalue weighted by atomic mass is 10.1. The molecule has 0 aliphatic carbocycles. The van der Waals surface area contributed by atoms with Gasteiger partial charge in [-0.3, -0.25) is 9.36 Å². The van der Waals surface area contributed by atoms with Crippen LogP contribution in [0.2, 0.25) is 0 Å². The highest BCUT2D eigenvalue weighted by atomic mass is 79.9. The van der Waals surface area contributed by atoms with Gasteiger partial charge in [-0.05, 0) is 54.8 Å². The Kier molecular flexibility index (Phi) is 5.20. The van der Waals surface area contributed by atoms with Gasteiger partial charge >= 0.3 is 0 Å². The van der Waals surface area contributed by atoms with E-state index < -0.39 is 0 Å². The van der Waals surface area contributed by atoms with Crippen molar-refractivity contribution in [2.75, 3.05) is 0 Å². The van der Waals surface area contributed by atoms with Gasteiger partial charge < -0.3 is 4.98 Å². The number of aromatic nitrogens is 3. The Morgan fingerprint density at radius 1 is 1.03 bits per heavy atom. The van der Waals surface area contributed by atoms with Crippen LogP contribution >= 0.6 is 27.7 Å². The maximum Gasteiger partial charge on any atom is 0.283 e. The summed E-state index contributed by atoms with van der Waals surface area (Å²) in [5.41, 5.74) is 6.29. The maximum atomic E-state index is 13.7. The summed E-state index contributed by atoms with van der Waals surface area (Å²) >= 11 is 5.06. The third-order valence-corrected chi connectivity index (χ3v) is 6.92. The normalized spacial score (nSPS) is 11.5. The predicted molar refractivity (Wildman–Crippen MR) is 132 cm³/mol. The first kappa shape index (κ1) is 20.1. The minimum atomic E-state index is -0.0757. The molecule has 5 rings (SSSR count). The maximum absolute atomic E-state index is 13.7. The van der Waals surface area contributed by atoms with Gasteiger partial charge in [-0.2, -0.15) is 0 Å². The van der Waals surface area contributed by atoms with E-state index in [1.54, 1.807) is 16.3 Å². The Morgan fingerprint density at radius 2 is 1.81 bits per heavy atom. The molecule has 0 aliphatic heterocycles. The minimum absolute atomic E-state index is 0.0757. The van der Waals surface area contributed by atoms with Crippen LogP contribution in [0.25, 0.3) is 27.6 Å². The van der Waals surface area contributed by atoms with Crippen LogP contribution < -0.4 is 5.56 Å². The van der Waals surface area contributed by atoms with E-state index >= 15 is 0 Å². The first-order valence-corrected chi connectivity index (χ1v) is 11.8. The zero-order chi connectivity index (χ0) is 21.5. The number of aryl methyl sites for hydroxylation is 2. The van der Waals surface area contributed by atoms with E-state index in [4.69, 9.17) is 4.98 Å². The number of hydrogen-bond acceptors (Lipinski definition) is 3. The highest BCUT2D eigenvalue weighted by Gasteiger charge is 2.18. The molecule has 0 fully saturated rings. The van der Waals surface area contributed by atoms with Gasteiger partial charge in [0.25, 0.3) is 5.56 Å². The van der Waals surface area contributed by atoms with E-state index in [-0.39, 0.29) is 5.56 Å². The second-order valence-corrected chi connectivity index (χ2v) is 9.49. The molecule has 4 nitrogen and oxygen atoms in total. The van der Waals surface area contributed by atoms with Crippen molar-refractivity contribution in [2.45, 2.75) is 24.8 Å². The van der Waals surface area contributed by atoms with Gasteiger partial charge in [0.05, 0.1) is 5.69 Å². The first-order chi connectivity index (χ1) is 15.0. The summed E-state index contributed by atoms with van der Waals surface area (Å²) in [7, 11) is 0. The van der Waals surface area contributed by atoms with Crippen molar-refractivity contribution in [3.63, 3.8) is 0 Å². The second-order valence-electron chi connectivity index (χ2n) is 7.63. The van der Waals surface area contributed by atoms with Gasteiger partial charge in [0.2, 0.25) is 0 Å². The summed E-state index contributed by atoms with van der Waals surface area (Å²) in [5, 5.41) is 1.66. The van der Waals surface area contributed by atoms with Crippen LogP contribution in [0.3, 0.4) is 0 Å². The molecule has 0 saturated heterocycles. The molecule has 0 bridgehead atoms. The zero-order valence-electron chi connectivity index (χ0n) is 17.1. The van der Waals surface area contributed by atoms with Crippen LogP contribution in [-0.2, 0) is 5.75 Å². The highest BCUT2D eigenvalue weighted by molar-refractivity contribution is 9.10. The summed E-state index contributed by atoms with van der Waals surface area (Å²) in [6, 6.07) is 22.3. The topological polar surface area (TPSA) is 50.7 Å². The number of nitrogens with one attached hydrogen (secondary N) is 1. The second kappa shape index (κ2) is 8.02. The number of aromatic amines is 1. The van der Waals surface area contributed by atoms with Crippen molar-refractivity contribution in [1.82, 2.24) is 14.5 Å². The van der Waals surface area contributed by atoms with Gasteiger partial charge in [0, 0.05) is 21.1 Å². The summed E-state index contributed by atoms with van der Waals surface area (Å²) in [5.74, 6) is 0.721. The molecular weight excluding hydrogens is 470 g/mol. The lowest BCUT2D eigenvalue weighted by molar-refractivity contribution is 0.812. The number of fused-ring (bicyclic) bond motifs is 3. The molecular formula is C25H20BrN3OS. The summed E-state index contributed by atoms with van der Waals surface area (Å²) in [4.78, 5) is 22.0. The SMILES string of the molecule is Cc1ccc(C)c(-n2c(SCc3ccc(Br)cc3)nc3c([nH]c4ccccc43)c2=O)c1. The molecule has 2 heterocycles. The molecule has 5 aromatic rings. The molecule has 3 aromatic carbocycles. The Labute approximate surface area is 192 Å². The van der Waals surface area contributed by atoms with Crippen LogP contribution in [0.15, 0.2) is 81.2 Å². The van der Waals surface area contributed by atoms with E-state index in [2.05, 4.69) is 51.2 Å². The molecule has 2 aromatic heterocycles. The fraction of sp³-hybridized carbons (Fsp3) is 0.120. The number of rotatable bonds is 4. The van der Waals surface area contributed by atoms with E-state index in [0.29, 0.717) is 10.7 Å². The summed E-state index contributed by atoms with van der Waals surface area (Å²) in [6.45, 7) is 4.07. The standard InChI is InChI=1S/C25H20BrN3OS/c1-15-7-8-16(2)21(13-15)29-24(30)23-22(19-5-3-4-6-20(19)27-23)28-25(29)31-14-17-9-11-18(26)12-10-17/h3-13,27H,14H2,1-2H3. The van der Waals surface area contributed by atoms with Crippen LogP contribution in [0.1, 0.15) is 16.7 Å². The highest BCUT2D eigenvalue weighted by Crippen LogP contribution is 2.29. The molecule has 0 spiro atoms. The average Bonchev–Trinajstić information content (AvgIpc) is 3.14. The minimum Gasteiger partial charge on any atom is -0.349 e. The summed E-state index contributed by atoms with van der Waals surface area (Å²) < 4.78 is 2.80. The average molecular weight is 490 g/mol. The largest absolute Gasteiger partial charge is 0.349 e. The van der Waals surface area contributed by atoms with Crippen LogP contribution in [-0.4, -0.2) is 14.5 Å². The Bertz CT molecular complexity index is 1490. The number of para-hydroxylation sites is 1. The number of thioether (sulfide) groups is 1. The molecule has 6 heteroatoms. The number of halogens is 1. The molecule has 0 aliphatic rings. The molecule has 154 valence electrons. The van der Waals surface area contributed by atoms with E-state index in [1.807, 2.05) is 50.2 Å². The number of H-pyrrole nitrogens is 1. The Hall–Kier alpha value is -2.83. The van der Waals surface area contributed by atoms with E-state index in [9.17, 15) is 4.79 Å². The van der Waals surface area contributed by atoms with Crippen molar-refractivity contribution in [3.05, 3.63) is 98.2 Å². The number of nitrogens with zero attached hydrogens (tertiary/aromatic N) is 2. The number of benzene rings is 3. The van der Waals surface area contributed by atoms with Crippen molar-refractivity contribution < 1.29 is 0 Å². The Morgan fingerprint density at radius 3 is 2.61 bits per heavy atom. The van der Waals surface area contributed by atoms with Crippen LogP contribution in [0, 0.1) is 13.8 Å². The molecule has 0 radical (unpaired) electrons. The van der Waals surface area contributed by atoms with Crippen molar-refractivity contribution >= 4 is 49.6 Å². The molecule has 0 saturated carbocycles. The van der Waals surface area contributed by atoms with Crippen molar-refractivity contribution in [2.24, 2.45) is 0 Å². The lowest BCUT2D eigenvalue weighted by Crippen LogP contribution is -2.22. The van der Waals surface area contributed by atoms with E-state index in [0.717, 1.165) is 43.5 Å². The third-order valence-electron chi connectivity index (χ3n) is 5.38. The molecule has 1 N–H and O–H groups in total. The predicted octanol–water partition coefficient (Wildman–Crippen LogP) is 6.54. The van der Waals surface area contributed by atoms with Gasteiger partial charge in [-0.1, -0.05) is 70.2 Å². The molecule has 0 amide bonds. The van der Waals surface area contributed by atoms with Gasteiger partial charge in [-0.25, -0.2) is 4.98 Å². The molecule has 0 atom stereocenters. The quantitative estimate of drug-likeness (QED) is 0.230. The lowest BCUT2D eigenvalue weighted by Gasteiger charge is -2.15. The van der Waals surface area contributed by atoms with Gasteiger partial charge in [-0.15, -0.1) is 0 Å². The molecule has 0 unspecified atom stereocenters. The van der Waals surface area contributed by atoms with Crippen molar-refractivity contribution in [3.8, 4) is 5.69 Å². The van der Waals surface area contributed by atoms with Crippen molar-refractivity contribution in [1.29, 1.82) is 0 Å². The third kappa shape index (κ3) is 3.70. The molecule has 31 heavy (non-hydrogen) atoms. The zero-order valence-corrected chi connectivity index (χ0v) is 19.5. The van der Waals surface area contributed by atoms with Crippen LogP contribution in [0.5, 0.6) is 0 Å². The monoisotopic (exact) mass is 489 g/mol. The van der Waals surface area contributed by atoms with Gasteiger partial charge in [0.1, 0.15) is 11.0 Å².